The van der Waals surface area contributed by atoms with Crippen LogP contribution in [0.15, 0.2) is 53.6 Å². The molecule has 4 heterocycles. The van der Waals surface area contributed by atoms with Gasteiger partial charge in [-0.25, -0.2) is 14.8 Å². The number of aromatic amines is 1. The number of hydrogen-bond donors (Lipinski definition) is 2. The number of pyridine rings is 1. The monoisotopic (exact) mass is 583 g/mol. The van der Waals surface area contributed by atoms with Gasteiger partial charge in [0.2, 0.25) is 0 Å². The van der Waals surface area contributed by atoms with Gasteiger partial charge < -0.3 is 15.2 Å². The number of likely N-dealkylation sites (tertiary alicyclic amines) is 1. The second kappa shape index (κ2) is 12.1. The van der Waals surface area contributed by atoms with Crippen molar-refractivity contribution in [1.82, 2.24) is 25.2 Å². The van der Waals surface area contributed by atoms with E-state index in [0.717, 1.165) is 65.8 Å². The Bertz CT molecular complexity index is 1590. The summed E-state index contributed by atoms with van der Waals surface area (Å²) in [6, 6.07) is 12.4. The van der Waals surface area contributed by atoms with E-state index in [-0.39, 0.29) is 23.1 Å². The number of carbonyl (C=O) groups is 1. The molecular weight excluding hydrogens is 542 g/mol. The summed E-state index contributed by atoms with van der Waals surface area (Å²) >= 11 is 1.50. The Morgan fingerprint density at radius 1 is 1.12 bits per heavy atom. The van der Waals surface area contributed by atoms with Crippen molar-refractivity contribution in [2.24, 2.45) is 11.3 Å². The summed E-state index contributed by atoms with van der Waals surface area (Å²) in [7, 11) is 0. The Morgan fingerprint density at radius 2 is 1.90 bits per heavy atom. The van der Waals surface area contributed by atoms with Gasteiger partial charge >= 0.3 is 5.69 Å². The number of nitrogens with zero attached hydrogens (tertiary/aromatic N) is 3. The van der Waals surface area contributed by atoms with Gasteiger partial charge in [-0.3, -0.25) is 4.79 Å². The standard InChI is InChI=1S/C34H41N5O2S/c1-34(2,3)27-11-12-28-24(18-27)17-25-19-30(42-32(25)38-28)31(40)37-29(13-16-39-14-5-4-6-15-39)23-9-7-22(8-10-23)26-20-35-33(41)36-21-26/h7-10,17,19-21,27,29H,4-6,11-16,18H2,1-3H3,(H,37,40)(H,35,36,41)/t27-,29?/m0/s1. The number of carbonyl (C=O) groups excluding carboxylic acids is 1. The molecule has 1 aromatic carbocycles. The van der Waals surface area contributed by atoms with E-state index < -0.39 is 0 Å². The molecule has 1 aliphatic heterocycles. The fourth-order valence-corrected chi connectivity index (χ4v) is 7.37. The third-order valence-corrected chi connectivity index (χ3v) is 10.2. The van der Waals surface area contributed by atoms with Gasteiger partial charge in [0.05, 0.1) is 10.9 Å². The molecular formula is C34H41N5O2S. The van der Waals surface area contributed by atoms with Crippen LogP contribution in [0.25, 0.3) is 21.3 Å². The van der Waals surface area contributed by atoms with Crippen LogP contribution in [0, 0.1) is 11.3 Å². The molecule has 0 saturated carbocycles. The molecule has 0 bridgehead atoms. The van der Waals surface area contributed by atoms with Gasteiger partial charge in [-0.15, -0.1) is 11.3 Å². The molecule has 2 N–H and O–H groups in total. The highest BCUT2D eigenvalue weighted by Crippen LogP contribution is 2.38. The lowest BCUT2D eigenvalue weighted by Crippen LogP contribution is -2.35. The molecule has 0 radical (unpaired) electrons. The van der Waals surface area contributed by atoms with Gasteiger partial charge in [-0.05, 0) is 91.8 Å². The molecule has 1 aliphatic carbocycles. The predicted octanol–water partition coefficient (Wildman–Crippen LogP) is 6.54. The van der Waals surface area contributed by atoms with E-state index in [1.165, 1.54) is 48.3 Å². The van der Waals surface area contributed by atoms with Crippen molar-refractivity contribution in [3.63, 3.8) is 0 Å². The van der Waals surface area contributed by atoms with Crippen LogP contribution in [0.1, 0.15) is 85.4 Å². The highest BCUT2D eigenvalue weighted by atomic mass is 32.1. The van der Waals surface area contributed by atoms with Crippen molar-refractivity contribution in [3.8, 4) is 11.1 Å². The largest absolute Gasteiger partial charge is 0.344 e. The minimum atomic E-state index is -0.360. The van der Waals surface area contributed by atoms with Crippen molar-refractivity contribution >= 4 is 27.5 Å². The summed E-state index contributed by atoms with van der Waals surface area (Å²) < 4.78 is 0. The number of nitrogens with one attached hydrogen (secondary N) is 2. The number of hydrogen-bond acceptors (Lipinski definition) is 6. The average Bonchev–Trinajstić information content (AvgIpc) is 3.41. The predicted molar refractivity (Wildman–Crippen MR) is 170 cm³/mol. The molecule has 2 aliphatic rings. The molecule has 3 aromatic heterocycles. The van der Waals surface area contributed by atoms with Gasteiger partial charge in [0.1, 0.15) is 4.83 Å². The van der Waals surface area contributed by atoms with E-state index in [2.05, 4.69) is 59.2 Å². The highest BCUT2D eigenvalue weighted by molar-refractivity contribution is 7.20. The Balaban J connectivity index is 1.22. The smallest absolute Gasteiger partial charge is 0.344 e. The maximum Gasteiger partial charge on any atom is 0.344 e. The van der Waals surface area contributed by atoms with Crippen LogP contribution < -0.4 is 11.0 Å². The van der Waals surface area contributed by atoms with E-state index in [1.54, 1.807) is 12.4 Å². The van der Waals surface area contributed by atoms with E-state index in [0.29, 0.717) is 10.8 Å². The quantitative estimate of drug-likeness (QED) is 0.258. The Labute approximate surface area is 251 Å². The van der Waals surface area contributed by atoms with Crippen LogP contribution in [0.3, 0.4) is 0 Å². The maximum absolute atomic E-state index is 13.7. The molecule has 1 fully saturated rings. The van der Waals surface area contributed by atoms with Crippen LogP contribution in [-0.4, -0.2) is 45.4 Å². The van der Waals surface area contributed by atoms with Gasteiger partial charge in [0.15, 0.2) is 0 Å². The van der Waals surface area contributed by atoms with Crippen LogP contribution in [0.4, 0.5) is 0 Å². The lowest BCUT2D eigenvalue weighted by molar-refractivity contribution is 0.0934. The van der Waals surface area contributed by atoms with Crippen LogP contribution in [0.5, 0.6) is 0 Å². The van der Waals surface area contributed by atoms with Crippen molar-refractivity contribution in [3.05, 3.63) is 81.0 Å². The third kappa shape index (κ3) is 6.50. The molecule has 220 valence electrons. The lowest BCUT2D eigenvalue weighted by Gasteiger charge is -2.34. The second-order valence-corrected chi connectivity index (χ2v) is 14.1. The molecule has 2 atom stereocenters. The number of thiophene rings is 1. The zero-order valence-electron chi connectivity index (χ0n) is 24.9. The highest BCUT2D eigenvalue weighted by Gasteiger charge is 2.30. The summed E-state index contributed by atoms with van der Waals surface area (Å²) in [6.07, 6.45) is 11.1. The Morgan fingerprint density at radius 3 is 2.62 bits per heavy atom. The van der Waals surface area contributed by atoms with Gasteiger partial charge in [-0.2, -0.15) is 0 Å². The first-order valence-electron chi connectivity index (χ1n) is 15.3. The van der Waals surface area contributed by atoms with E-state index in [1.807, 2.05) is 18.2 Å². The molecule has 1 unspecified atom stereocenters. The zero-order chi connectivity index (χ0) is 29.3. The SMILES string of the molecule is CC(C)(C)[C@H]1CCc2nc3sc(C(=O)NC(CCN4CCCCC4)c4ccc(-c5cnc(=O)[nH]c5)cc4)cc3cc2C1. The number of piperidine rings is 1. The molecule has 8 heteroatoms. The molecule has 4 aromatic rings. The average molecular weight is 584 g/mol. The molecule has 1 amide bonds. The Hall–Kier alpha value is -3.36. The maximum atomic E-state index is 13.7. The zero-order valence-corrected chi connectivity index (χ0v) is 25.7. The first kappa shape index (κ1) is 28.7. The number of amides is 1. The van der Waals surface area contributed by atoms with Crippen molar-refractivity contribution in [2.45, 2.75) is 71.8 Å². The number of aryl methyl sites for hydroxylation is 1. The summed E-state index contributed by atoms with van der Waals surface area (Å²) in [5, 5.41) is 4.44. The molecule has 42 heavy (non-hydrogen) atoms. The molecule has 7 nitrogen and oxygen atoms in total. The van der Waals surface area contributed by atoms with Crippen molar-refractivity contribution in [1.29, 1.82) is 0 Å². The second-order valence-electron chi connectivity index (χ2n) is 13.1. The molecule has 0 spiro atoms. The minimum absolute atomic E-state index is 0.0407. The van der Waals surface area contributed by atoms with E-state index in [4.69, 9.17) is 4.98 Å². The first-order chi connectivity index (χ1) is 20.2. The normalized spacial score (nSPS) is 18.5. The third-order valence-electron chi connectivity index (χ3n) is 9.13. The number of rotatable bonds is 7. The Kier molecular flexibility index (Phi) is 8.28. The summed E-state index contributed by atoms with van der Waals surface area (Å²) in [6.45, 7) is 10.2. The minimum Gasteiger partial charge on any atom is -0.344 e. The van der Waals surface area contributed by atoms with Crippen LogP contribution in [-0.2, 0) is 12.8 Å². The van der Waals surface area contributed by atoms with E-state index in [9.17, 15) is 9.59 Å². The summed E-state index contributed by atoms with van der Waals surface area (Å²) in [5.41, 5.74) is 5.36. The molecule has 1 saturated heterocycles. The van der Waals surface area contributed by atoms with Gasteiger partial charge in [0, 0.05) is 35.6 Å². The summed E-state index contributed by atoms with van der Waals surface area (Å²) in [4.78, 5) is 40.8. The van der Waals surface area contributed by atoms with Crippen molar-refractivity contribution in [2.75, 3.05) is 19.6 Å². The lowest BCUT2D eigenvalue weighted by atomic mass is 9.71. The van der Waals surface area contributed by atoms with Gasteiger partial charge in [0.25, 0.3) is 5.91 Å². The topological polar surface area (TPSA) is 91.0 Å². The van der Waals surface area contributed by atoms with Gasteiger partial charge in [-0.1, -0.05) is 51.5 Å². The number of fused-ring (bicyclic) bond motifs is 2. The van der Waals surface area contributed by atoms with E-state index >= 15 is 0 Å². The van der Waals surface area contributed by atoms with Crippen LogP contribution in [0.2, 0.25) is 0 Å². The fourth-order valence-electron chi connectivity index (χ4n) is 6.43. The van der Waals surface area contributed by atoms with Crippen LogP contribution >= 0.6 is 11.3 Å². The fraction of sp³-hybridized carbons (Fsp3) is 0.471. The number of aromatic nitrogens is 3. The summed E-state index contributed by atoms with van der Waals surface area (Å²) in [5.74, 6) is 0.610. The number of H-pyrrole nitrogens is 1. The molecule has 6 rings (SSSR count). The first-order valence-corrected chi connectivity index (χ1v) is 16.2. The van der Waals surface area contributed by atoms with Crippen molar-refractivity contribution < 1.29 is 4.79 Å². The number of benzene rings is 1.